The van der Waals surface area contributed by atoms with Gasteiger partial charge < -0.3 is 29.3 Å². The molecule has 0 bridgehead atoms. The SMILES string of the molecule is CN(C(=O)C(O)CO)C1CCN(c2ncc(B3OC(C)(C)C(C)(C)O3)cn2)CC1. The number of aliphatic hydroxyl groups is 2. The Hall–Kier alpha value is -1.75. The van der Waals surface area contributed by atoms with Crippen molar-refractivity contribution in [3.8, 4) is 0 Å². The summed E-state index contributed by atoms with van der Waals surface area (Å²) in [6.45, 7) is 8.87. The summed E-state index contributed by atoms with van der Waals surface area (Å²) in [5.41, 5.74) is -0.0399. The molecule has 0 radical (unpaired) electrons. The molecule has 0 aliphatic carbocycles. The van der Waals surface area contributed by atoms with Crippen LogP contribution in [0.4, 0.5) is 5.95 Å². The van der Waals surface area contributed by atoms with Gasteiger partial charge in [0.25, 0.3) is 5.91 Å². The molecule has 2 fully saturated rings. The van der Waals surface area contributed by atoms with E-state index in [0.29, 0.717) is 19.0 Å². The minimum absolute atomic E-state index is 0.0176. The second kappa shape index (κ2) is 8.18. The van der Waals surface area contributed by atoms with E-state index >= 15 is 0 Å². The molecule has 9 nitrogen and oxygen atoms in total. The maximum Gasteiger partial charge on any atom is 0.498 e. The van der Waals surface area contributed by atoms with Crippen LogP contribution in [-0.4, -0.2) is 88.2 Å². The number of nitrogens with zero attached hydrogens (tertiary/aromatic N) is 4. The first-order chi connectivity index (χ1) is 13.6. The van der Waals surface area contributed by atoms with Crippen molar-refractivity contribution in [3.63, 3.8) is 0 Å². The van der Waals surface area contributed by atoms with Crippen molar-refractivity contribution in [1.82, 2.24) is 14.9 Å². The molecule has 1 unspecified atom stereocenters. The topological polar surface area (TPSA) is 108 Å². The van der Waals surface area contributed by atoms with Crippen molar-refractivity contribution >= 4 is 24.4 Å². The van der Waals surface area contributed by atoms with Crippen LogP contribution in [0, 0.1) is 0 Å². The molecule has 1 aromatic rings. The molecule has 29 heavy (non-hydrogen) atoms. The molecule has 3 heterocycles. The lowest BCUT2D eigenvalue weighted by Gasteiger charge is -2.37. The van der Waals surface area contributed by atoms with Gasteiger partial charge in [-0.05, 0) is 40.5 Å². The Kier molecular flexibility index (Phi) is 6.19. The van der Waals surface area contributed by atoms with Crippen molar-refractivity contribution < 1.29 is 24.3 Å². The van der Waals surface area contributed by atoms with Crippen LogP contribution < -0.4 is 10.4 Å². The van der Waals surface area contributed by atoms with Crippen molar-refractivity contribution in [2.75, 3.05) is 31.6 Å². The monoisotopic (exact) mass is 406 g/mol. The Bertz CT molecular complexity index is 706. The second-order valence-corrected chi connectivity index (χ2v) is 8.77. The fourth-order valence-corrected chi connectivity index (χ4v) is 3.54. The number of likely N-dealkylation sites (N-methyl/N-ethyl adjacent to an activating group) is 1. The number of carbonyl (C=O) groups excluding carboxylic acids is 1. The number of amides is 1. The van der Waals surface area contributed by atoms with Crippen LogP contribution in [0.5, 0.6) is 0 Å². The van der Waals surface area contributed by atoms with E-state index in [1.807, 2.05) is 27.7 Å². The van der Waals surface area contributed by atoms with Crippen LogP contribution in [0.1, 0.15) is 40.5 Å². The largest absolute Gasteiger partial charge is 0.498 e. The van der Waals surface area contributed by atoms with Gasteiger partial charge in [-0.3, -0.25) is 4.79 Å². The minimum atomic E-state index is -1.36. The van der Waals surface area contributed by atoms with Crippen LogP contribution >= 0.6 is 0 Å². The highest BCUT2D eigenvalue weighted by atomic mass is 16.7. The van der Waals surface area contributed by atoms with Crippen molar-refractivity contribution in [3.05, 3.63) is 12.4 Å². The molecular weight excluding hydrogens is 375 g/mol. The summed E-state index contributed by atoms with van der Waals surface area (Å²) < 4.78 is 12.1. The van der Waals surface area contributed by atoms with E-state index < -0.39 is 36.9 Å². The molecule has 2 N–H and O–H groups in total. The van der Waals surface area contributed by atoms with Crippen molar-refractivity contribution in [2.24, 2.45) is 0 Å². The maximum atomic E-state index is 12.0. The summed E-state index contributed by atoms with van der Waals surface area (Å²) >= 11 is 0. The van der Waals surface area contributed by atoms with Gasteiger partial charge in [0, 0.05) is 44.0 Å². The number of aliphatic hydroxyl groups excluding tert-OH is 2. The number of piperidine rings is 1. The van der Waals surface area contributed by atoms with Gasteiger partial charge in [0.2, 0.25) is 5.95 Å². The highest BCUT2D eigenvalue weighted by Gasteiger charge is 2.52. The molecule has 1 aromatic heterocycles. The lowest BCUT2D eigenvalue weighted by molar-refractivity contribution is -0.143. The van der Waals surface area contributed by atoms with Gasteiger partial charge >= 0.3 is 7.12 Å². The normalized spacial score (nSPS) is 22.6. The van der Waals surface area contributed by atoms with E-state index in [9.17, 15) is 9.90 Å². The summed E-state index contributed by atoms with van der Waals surface area (Å²) in [6, 6.07) is 0.0176. The zero-order valence-corrected chi connectivity index (χ0v) is 17.8. The van der Waals surface area contributed by atoms with Crippen LogP contribution in [0.25, 0.3) is 0 Å². The third-order valence-corrected chi connectivity index (χ3v) is 6.28. The fraction of sp³-hybridized carbons (Fsp3) is 0.737. The number of rotatable bonds is 5. The summed E-state index contributed by atoms with van der Waals surface area (Å²) in [5, 5.41) is 18.5. The molecule has 1 amide bonds. The Morgan fingerprint density at radius 2 is 1.76 bits per heavy atom. The molecule has 160 valence electrons. The Labute approximate surface area is 172 Å². The first-order valence-electron chi connectivity index (χ1n) is 10.0. The van der Waals surface area contributed by atoms with Gasteiger partial charge in [0.1, 0.15) is 0 Å². The Morgan fingerprint density at radius 3 is 2.24 bits per heavy atom. The van der Waals surface area contributed by atoms with E-state index in [1.54, 1.807) is 19.4 Å². The van der Waals surface area contributed by atoms with Gasteiger partial charge in [-0.1, -0.05) is 0 Å². The average Bonchev–Trinajstić information content (AvgIpc) is 2.93. The van der Waals surface area contributed by atoms with Crippen LogP contribution in [-0.2, 0) is 14.1 Å². The standard InChI is InChI=1S/C19H31BN4O5/c1-18(2)19(3,4)29-20(28-18)13-10-21-17(22-11-13)24-8-6-14(7-9-24)23(5)16(27)15(26)12-25/h10-11,14-15,25-26H,6-9,12H2,1-5H3. The third kappa shape index (κ3) is 4.40. The molecular formula is C19H31BN4O5. The van der Waals surface area contributed by atoms with Gasteiger partial charge in [-0.25, -0.2) is 9.97 Å². The van der Waals surface area contributed by atoms with E-state index in [1.165, 1.54) is 4.90 Å². The van der Waals surface area contributed by atoms with E-state index in [2.05, 4.69) is 14.9 Å². The van der Waals surface area contributed by atoms with Crippen molar-refractivity contribution in [2.45, 2.75) is 63.9 Å². The number of hydrogen-bond acceptors (Lipinski definition) is 8. The van der Waals surface area contributed by atoms with Gasteiger partial charge in [0.15, 0.2) is 6.10 Å². The fourth-order valence-electron chi connectivity index (χ4n) is 3.54. The predicted octanol–water partition coefficient (Wildman–Crippen LogP) is -0.444. The lowest BCUT2D eigenvalue weighted by atomic mass is 9.81. The third-order valence-electron chi connectivity index (χ3n) is 6.28. The molecule has 2 aliphatic rings. The predicted molar refractivity (Wildman–Crippen MR) is 109 cm³/mol. The number of hydrogen-bond donors (Lipinski definition) is 2. The van der Waals surface area contributed by atoms with Crippen LogP contribution in [0.3, 0.4) is 0 Å². The number of anilines is 1. The van der Waals surface area contributed by atoms with E-state index in [4.69, 9.17) is 14.4 Å². The highest BCUT2D eigenvalue weighted by Crippen LogP contribution is 2.36. The zero-order chi connectivity index (χ0) is 21.4. The second-order valence-electron chi connectivity index (χ2n) is 8.77. The Morgan fingerprint density at radius 1 is 1.24 bits per heavy atom. The minimum Gasteiger partial charge on any atom is -0.399 e. The highest BCUT2D eigenvalue weighted by molar-refractivity contribution is 6.61. The quantitative estimate of drug-likeness (QED) is 0.634. The summed E-state index contributed by atoms with van der Waals surface area (Å²) in [7, 11) is 1.18. The van der Waals surface area contributed by atoms with Gasteiger partial charge in [0.05, 0.1) is 17.8 Å². The summed E-state index contributed by atoms with van der Waals surface area (Å²) in [6.07, 6.45) is 3.60. The molecule has 0 spiro atoms. The van der Waals surface area contributed by atoms with E-state index in [-0.39, 0.29) is 6.04 Å². The van der Waals surface area contributed by atoms with Gasteiger partial charge in [-0.2, -0.15) is 0 Å². The maximum absolute atomic E-state index is 12.0. The molecule has 3 rings (SSSR count). The molecule has 1 atom stereocenters. The lowest BCUT2D eigenvalue weighted by Crippen LogP contribution is -2.49. The first-order valence-corrected chi connectivity index (χ1v) is 10.0. The number of carbonyl (C=O) groups is 1. The molecule has 2 saturated heterocycles. The molecule has 0 aromatic carbocycles. The summed E-state index contributed by atoms with van der Waals surface area (Å²) in [5.74, 6) is 0.182. The zero-order valence-electron chi connectivity index (χ0n) is 17.8. The van der Waals surface area contributed by atoms with Crippen LogP contribution in [0.15, 0.2) is 12.4 Å². The molecule has 10 heteroatoms. The smallest absolute Gasteiger partial charge is 0.399 e. The Balaban J connectivity index is 1.58. The molecule has 2 aliphatic heterocycles. The van der Waals surface area contributed by atoms with Crippen molar-refractivity contribution in [1.29, 1.82) is 0 Å². The average molecular weight is 406 g/mol. The summed E-state index contributed by atoms with van der Waals surface area (Å²) in [4.78, 5) is 24.6. The first kappa shape index (κ1) is 22.0. The van der Waals surface area contributed by atoms with Gasteiger partial charge in [-0.15, -0.1) is 0 Å². The number of aromatic nitrogens is 2. The molecule has 0 saturated carbocycles. The van der Waals surface area contributed by atoms with Crippen LogP contribution in [0.2, 0.25) is 0 Å². The van der Waals surface area contributed by atoms with E-state index in [0.717, 1.165) is 18.3 Å².